The predicted octanol–water partition coefficient (Wildman–Crippen LogP) is 13.3. The first-order valence-electron chi connectivity index (χ1n) is 21.7. The number of rotatable bonds is 9. The lowest BCUT2D eigenvalue weighted by Gasteiger charge is -2.45. The Labute approximate surface area is 371 Å². The second-order valence-electron chi connectivity index (χ2n) is 16.1. The average Bonchev–Trinajstić information content (AvgIpc) is 3.37. The molecule has 0 saturated heterocycles. The molecule has 0 fully saturated rings. The third-order valence-corrected chi connectivity index (χ3v) is 17.4. The standard InChI is InChI=1S/C60H44N2Si/c1-6-18-45(19-7-1)46-30-32-47(33-31-46)48-34-39-53(40-35-48)61(51-20-8-2-9-21-51)54-41-36-49(37-42-54)50-38-43-60-58(44-50)62(52-22-10-3-11-23-52)57-28-16-17-29-59(57)63(60,55-24-12-4-13-25-55)56-26-14-5-15-27-56/h1-44H. The van der Waals surface area contributed by atoms with Gasteiger partial charge < -0.3 is 9.80 Å². The fraction of sp³-hybridized carbons (Fsp3) is 0. The Balaban J connectivity index is 0.996. The van der Waals surface area contributed by atoms with Crippen LogP contribution in [0.4, 0.5) is 34.1 Å². The molecule has 1 aliphatic heterocycles. The Hall–Kier alpha value is -7.98. The van der Waals surface area contributed by atoms with Crippen LogP contribution in [0.3, 0.4) is 0 Å². The maximum atomic E-state index is 2.48. The smallest absolute Gasteiger partial charge is 0.184 e. The van der Waals surface area contributed by atoms with Crippen molar-refractivity contribution in [3.8, 4) is 33.4 Å². The fourth-order valence-electron chi connectivity index (χ4n) is 9.61. The number of nitrogens with zero attached hydrogens (tertiary/aromatic N) is 2. The maximum absolute atomic E-state index is 2.76. The molecule has 0 spiro atoms. The molecule has 298 valence electrons. The summed E-state index contributed by atoms with van der Waals surface area (Å²) in [5.74, 6) is 0. The highest BCUT2D eigenvalue weighted by Gasteiger charge is 2.48. The third-order valence-electron chi connectivity index (χ3n) is 12.5. The van der Waals surface area contributed by atoms with E-state index in [0.29, 0.717) is 0 Å². The Kier molecular flexibility index (Phi) is 9.93. The zero-order chi connectivity index (χ0) is 42.0. The maximum Gasteiger partial charge on any atom is 0.184 e. The van der Waals surface area contributed by atoms with Gasteiger partial charge in [0, 0.05) is 34.1 Å². The summed E-state index contributed by atoms with van der Waals surface area (Å²) in [6.07, 6.45) is 0. The van der Waals surface area contributed by atoms with Crippen LogP contribution >= 0.6 is 0 Å². The first-order valence-corrected chi connectivity index (χ1v) is 23.7. The van der Waals surface area contributed by atoms with E-state index in [1.165, 1.54) is 65.5 Å². The molecule has 2 nitrogen and oxygen atoms in total. The molecule has 0 N–H and O–H groups in total. The molecule has 0 radical (unpaired) electrons. The van der Waals surface area contributed by atoms with E-state index in [0.717, 1.165) is 22.7 Å². The molecular formula is C60H44N2Si. The van der Waals surface area contributed by atoms with Crippen molar-refractivity contribution in [2.75, 3.05) is 9.80 Å². The van der Waals surface area contributed by atoms with Gasteiger partial charge in [-0.05, 0) is 115 Å². The van der Waals surface area contributed by atoms with E-state index in [1.54, 1.807) is 0 Å². The molecule has 3 heteroatoms. The quantitative estimate of drug-likeness (QED) is 0.134. The van der Waals surface area contributed by atoms with Gasteiger partial charge in [0.15, 0.2) is 8.07 Å². The molecular weight excluding hydrogens is 777 g/mol. The van der Waals surface area contributed by atoms with Crippen LogP contribution in [0.15, 0.2) is 267 Å². The molecule has 0 aliphatic carbocycles. The van der Waals surface area contributed by atoms with Crippen molar-refractivity contribution in [1.82, 2.24) is 0 Å². The van der Waals surface area contributed by atoms with Gasteiger partial charge in [-0.1, -0.05) is 206 Å². The summed E-state index contributed by atoms with van der Waals surface area (Å²) < 4.78 is 0. The zero-order valence-electron chi connectivity index (χ0n) is 34.8. The summed E-state index contributed by atoms with van der Waals surface area (Å²) >= 11 is 0. The second-order valence-corrected chi connectivity index (χ2v) is 19.8. The van der Waals surface area contributed by atoms with Crippen LogP contribution in [0.2, 0.25) is 0 Å². The van der Waals surface area contributed by atoms with Crippen LogP contribution in [0.1, 0.15) is 0 Å². The number of hydrogen-bond donors (Lipinski definition) is 0. The van der Waals surface area contributed by atoms with E-state index in [4.69, 9.17) is 0 Å². The molecule has 1 heterocycles. The highest BCUT2D eigenvalue weighted by molar-refractivity contribution is 7.21. The van der Waals surface area contributed by atoms with E-state index in [9.17, 15) is 0 Å². The van der Waals surface area contributed by atoms with Crippen molar-refractivity contribution < 1.29 is 0 Å². The number of anilines is 6. The van der Waals surface area contributed by atoms with Gasteiger partial charge in [0.2, 0.25) is 0 Å². The van der Waals surface area contributed by atoms with Crippen molar-refractivity contribution in [3.05, 3.63) is 267 Å². The molecule has 10 aromatic carbocycles. The SMILES string of the molecule is c1ccc(-c2ccc(-c3ccc(N(c4ccccc4)c4ccc(-c5ccc6c(c5)N(c5ccccc5)c5ccccc5[Si]6(c5ccccc5)c5ccccc5)cc4)cc3)cc2)cc1. The normalized spacial score (nSPS) is 12.5. The molecule has 0 bridgehead atoms. The topological polar surface area (TPSA) is 6.48 Å². The first kappa shape index (κ1) is 38.0. The Morgan fingerprint density at radius 2 is 0.635 bits per heavy atom. The van der Waals surface area contributed by atoms with Gasteiger partial charge >= 0.3 is 0 Å². The molecule has 0 amide bonds. The number of hydrogen-bond acceptors (Lipinski definition) is 2. The molecule has 0 unspecified atom stereocenters. The lowest BCUT2D eigenvalue weighted by molar-refractivity contribution is 1.28. The minimum atomic E-state index is -2.76. The molecule has 0 aromatic heterocycles. The minimum absolute atomic E-state index is 1.10. The Morgan fingerprint density at radius 3 is 1.17 bits per heavy atom. The van der Waals surface area contributed by atoms with Crippen molar-refractivity contribution in [2.24, 2.45) is 0 Å². The van der Waals surface area contributed by atoms with Gasteiger partial charge in [-0.15, -0.1) is 0 Å². The van der Waals surface area contributed by atoms with Gasteiger partial charge in [0.1, 0.15) is 0 Å². The van der Waals surface area contributed by atoms with Crippen molar-refractivity contribution >= 4 is 62.9 Å². The predicted molar refractivity (Wildman–Crippen MR) is 269 cm³/mol. The zero-order valence-corrected chi connectivity index (χ0v) is 35.8. The summed E-state index contributed by atoms with van der Waals surface area (Å²) in [5, 5.41) is 5.54. The molecule has 1 aliphatic rings. The highest BCUT2D eigenvalue weighted by Crippen LogP contribution is 2.41. The van der Waals surface area contributed by atoms with Crippen molar-refractivity contribution in [2.45, 2.75) is 0 Å². The van der Waals surface area contributed by atoms with Crippen LogP contribution < -0.4 is 30.5 Å². The molecule has 63 heavy (non-hydrogen) atoms. The number of fused-ring (bicyclic) bond motifs is 2. The fourth-order valence-corrected chi connectivity index (χ4v) is 14.7. The van der Waals surface area contributed by atoms with Crippen LogP contribution in [0, 0.1) is 0 Å². The third kappa shape index (κ3) is 6.86. The Bertz CT molecular complexity index is 3080. The lowest BCUT2D eigenvalue weighted by Crippen LogP contribution is -2.77. The second kappa shape index (κ2) is 16.5. The summed E-state index contributed by atoms with van der Waals surface area (Å²) in [5.41, 5.74) is 14.1. The lowest BCUT2D eigenvalue weighted by atomic mass is 10.00. The van der Waals surface area contributed by atoms with Crippen molar-refractivity contribution in [3.63, 3.8) is 0 Å². The number of para-hydroxylation sites is 3. The van der Waals surface area contributed by atoms with E-state index in [2.05, 4.69) is 277 Å². The van der Waals surface area contributed by atoms with E-state index in [1.807, 2.05) is 0 Å². The van der Waals surface area contributed by atoms with Gasteiger partial charge in [0.05, 0.1) is 0 Å². The summed E-state index contributed by atoms with van der Waals surface area (Å²) in [7, 11) is -2.76. The molecule has 10 aromatic rings. The molecule has 0 atom stereocenters. The minimum Gasteiger partial charge on any atom is -0.311 e. The van der Waals surface area contributed by atoms with E-state index in [-0.39, 0.29) is 0 Å². The van der Waals surface area contributed by atoms with Crippen LogP contribution in [0.25, 0.3) is 33.4 Å². The summed E-state index contributed by atoms with van der Waals surface area (Å²) in [6.45, 7) is 0. The summed E-state index contributed by atoms with van der Waals surface area (Å²) in [4.78, 5) is 4.82. The van der Waals surface area contributed by atoms with E-state index >= 15 is 0 Å². The van der Waals surface area contributed by atoms with Gasteiger partial charge in [-0.2, -0.15) is 0 Å². The van der Waals surface area contributed by atoms with Gasteiger partial charge in [-0.25, -0.2) is 0 Å². The van der Waals surface area contributed by atoms with Crippen LogP contribution in [-0.4, -0.2) is 8.07 Å². The number of benzene rings is 10. The van der Waals surface area contributed by atoms with Crippen LogP contribution in [-0.2, 0) is 0 Å². The summed E-state index contributed by atoms with van der Waals surface area (Å²) in [6, 6.07) is 97.7. The molecule has 0 saturated carbocycles. The van der Waals surface area contributed by atoms with Crippen LogP contribution in [0.5, 0.6) is 0 Å². The Morgan fingerprint density at radius 1 is 0.270 bits per heavy atom. The van der Waals surface area contributed by atoms with E-state index < -0.39 is 8.07 Å². The average molecular weight is 821 g/mol. The van der Waals surface area contributed by atoms with Gasteiger partial charge in [0.25, 0.3) is 0 Å². The first-order chi connectivity index (χ1) is 31.3. The van der Waals surface area contributed by atoms with Gasteiger partial charge in [-0.3, -0.25) is 0 Å². The highest BCUT2D eigenvalue weighted by atomic mass is 28.3. The molecule has 11 rings (SSSR count). The monoisotopic (exact) mass is 820 g/mol. The largest absolute Gasteiger partial charge is 0.311 e. The van der Waals surface area contributed by atoms with Crippen molar-refractivity contribution in [1.29, 1.82) is 0 Å².